The van der Waals surface area contributed by atoms with Gasteiger partial charge in [0.15, 0.2) is 10.7 Å². The number of pyridine rings is 2. The Hall–Kier alpha value is -2.32. The van der Waals surface area contributed by atoms with E-state index in [0.29, 0.717) is 11.6 Å². The van der Waals surface area contributed by atoms with Crippen LogP contribution in [0.1, 0.15) is 15.5 Å². The van der Waals surface area contributed by atoms with Crippen molar-refractivity contribution < 1.29 is 4.79 Å². The molecule has 4 aromatic heterocycles. The molecule has 0 aliphatic heterocycles. The number of rotatable bonds is 3. The second-order valence-corrected chi connectivity index (χ2v) is 6.75. The number of fused-ring (bicyclic) bond motifs is 2. The standard InChI is InChI=1S/C15H10BrN5OS/c16-10-2-1-5-21-8-9(19-13(10)21)6-18-14(22)15-20-11-7-17-4-3-12(11)23-15/h1-5,7-8H,6H2,(H,18,22). The van der Waals surface area contributed by atoms with Crippen molar-refractivity contribution in [1.82, 2.24) is 24.7 Å². The van der Waals surface area contributed by atoms with E-state index in [9.17, 15) is 4.79 Å². The Morgan fingerprint density at radius 1 is 1.35 bits per heavy atom. The Labute approximate surface area is 143 Å². The molecule has 0 saturated carbocycles. The number of aromatic nitrogens is 4. The fourth-order valence-electron chi connectivity index (χ4n) is 2.24. The summed E-state index contributed by atoms with van der Waals surface area (Å²) in [5, 5.41) is 3.28. The number of thiazole rings is 1. The van der Waals surface area contributed by atoms with Gasteiger partial charge in [0.2, 0.25) is 0 Å². The van der Waals surface area contributed by atoms with Crippen LogP contribution in [-0.2, 0) is 6.54 Å². The summed E-state index contributed by atoms with van der Waals surface area (Å²) in [5.41, 5.74) is 2.34. The first-order valence-electron chi connectivity index (χ1n) is 6.81. The highest BCUT2D eigenvalue weighted by Gasteiger charge is 2.13. The fourth-order valence-corrected chi connectivity index (χ4v) is 3.53. The van der Waals surface area contributed by atoms with Gasteiger partial charge in [0.05, 0.1) is 27.6 Å². The number of halogens is 1. The van der Waals surface area contributed by atoms with Gasteiger partial charge in [-0.25, -0.2) is 9.97 Å². The molecule has 0 radical (unpaired) electrons. The quantitative estimate of drug-likeness (QED) is 0.586. The molecule has 0 aliphatic carbocycles. The van der Waals surface area contributed by atoms with E-state index in [-0.39, 0.29) is 5.91 Å². The van der Waals surface area contributed by atoms with Crippen molar-refractivity contribution in [2.75, 3.05) is 0 Å². The normalized spacial score (nSPS) is 11.2. The Balaban J connectivity index is 1.53. The van der Waals surface area contributed by atoms with Gasteiger partial charge in [0, 0.05) is 18.6 Å². The molecular formula is C15H10BrN5OS. The molecule has 0 atom stereocenters. The maximum Gasteiger partial charge on any atom is 0.280 e. The van der Waals surface area contributed by atoms with Crippen LogP contribution < -0.4 is 5.32 Å². The molecule has 0 bridgehead atoms. The van der Waals surface area contributed by atoms with Crippen LogP contribution in [0.5, 0.6) is 0 Å². The number of amides is 1. The molecule has 6 nitrogen and oxygen atoms in total. The summed E-state index contributed by atoms with van der Waals surface area (Å²) < 4.78 is 3.77. The zero-order chi connectivity index (χ0) is 15.8. The van der Waals surface area contributed by atoms with E-state index in [0.717, 1.165) is 26.0 Å². The van der Waals surface area contributed by atoms with Gasteiger partial charge in [-0.1, -0.05) is 0 Å². The molecule has 0 fully saturated rings. The number of imidazole rings is 1. The van der Waals surface area contributed by atoms with Crippen LogP contribution in [0.3, 0.4) is 0 Å². The minimum atomic E-state index is -0.206. The molecule has 8 heteroatoms. The van der Waals surface area contributed by atoms with Gasteiger partial charge in [0.1, 0.15) is 5.52 Å². The van der Waals surface area contributed by atoms with E-state index < -0.39 is 0 Å². The lowest BCUT2D eigenvalue weighted by Crippen LogP contribution is -2.22. The van der Waals surface area contributed by atoms with Crippen LogP contribution in [0.4, 0.5) is 0 Å². The highest BCUT2D eigenvalue weighted by atomic mass is 79.9. The first-order valence-corrected chi connectivity index (χ1v) is 8.42. The number of nitrogens with zero attached hydrogens (tertiary/aromatic N) is 4. The zero-order valence-electron chi connectivity index (χ0n) is 11.7. The molecule has 0 aliphatic rings. The first kappa shape index (κ1) is 14.3. The van der Waals surface area contributed by atoms with Gasteiger partial charge in [-0.3, -0.25) is 9.78 Å². The Bertz CT molecular complexity index is 992. The third kappa shape index (κ3) is 2.71. The maximum atomic E-state index is 12.2. The highest BCUT2D eigenvalue weighted by Crippen LogP contribution is 2.21. The Kier molecular flexibility index (Phi) is 3.55. The summed E-state index contributed by atoms with van der Waals surface area (Å²) in [7, 11) is 0. The highest BCUT2D eigenvalue weighted by molar-refractivity contribution is 9.10. The van der Waals surface area contributed by atoms with Crippen LogP contribution >= 0.6 is 27.3 Å². The molecule has 4 aromatic rings. The summed E-state index contributed by atoms with van der Waals surface area (Å²) in [4.78, 5) is 25.0. The maximum absolute atomic E-state index is 12.2. The molecule has 0 spiro atoms. The fraction of sp³-hybridized carbons (Fsp3) is 0.0667. The van der Waals surface area contributed by atoms with Gasteiger partial charge in [-0.15, -0.1) is 11.3 Å². The first-order chi connectivity index (χ1) is 11.2. The Morgan fingerprint density at radius 3 is 3.09 bits per heavy atom. The minimum absolute atomic E-state index is 0.206. The van der Waals surface area contributed by atoms with Gasteiger partial charge in [-0.2, -0.15) is 0 Å². The Morgan fingerprint density at radius 2 is 2.26 bits per heavy atom. The summed E-state index contributed by atoms with van der Waals surface area (Å²) in [6, 6.07) is 5.71. The second kappa shape index (κ2) is 5.71. The van der Waals surface area contributed by atoms with Crippen molar-refractivity contribution >= 4 is 49.0 Å². The van der Waals surface area contributed by atoms with Crippen molar-refractivity contribution in [1.29, 1.82) is 0 Å². The summed E-state index contributed by atoms with van der Waals surface area (Å²) in [5.74, 6) is -0.206. The van der Waals surface area contributed by atoms with E-state index in [4.69, 9.17) is 0 Å². The molecule has 4 rings (SSSR count). The lowest BCUT2D eigenvalue weighted by molar-refractivity contribution is 0.0950. The van der Waals surface area contributed by atoms with Crippen molar-refractivity contribution in [3.63, 3.8) is 0 Å². The average molecular weight is 388 g/mol. The predicted octanol–water partition coefficient (Wildman–Crippen LogP) is 3.03. The molecule has 114 valence electrons. The predicted molar refractivity (Wildman–Crippen MR) is 91.5 cm³/mol. The van der Waals surface area contributed by atoms with E-state index in [2.05, 4.69) is 36.2 Å². The van der Waals surface area contributed by atoms with Crippen molar-refractivity contribution in [2.45, 2.75) is 6.54 Å². The van der Waals surface area contributed by atoms with Crippen molar-refractivity contribution in [2.24, 2.45) is 0 Å². The molecule has 0 aromatic carbocycles. The molecule has 4 heterocycles. The number of carbonyl (C=O) groups is 1. The number of nitrogens with one attached hydrogen (secondary N) is 1. The third-order valence-corrected chi connectivity index (χ3v) is 4.95. The van der Waals surface area contributed by atoms with Crippen LogP contribution in [0, 0.1) is 0 Å². The molecule has 1 amide bonds. The van der Waals surface area contributed by atoms with Gasteiger partial charge < -0.3 is 9.72 Å². The number of hydrogen-bond acceptors (Lipinski definition) is 5. The molecule has 0 unspecified atom stereocenters. The lowest BCUT2D eigenvalue weighted by atomic mass is 10.4. The minimum Gasteiger partial charge on any atom is -0.344 e. The summed E-state index contributed by atoms with van der Waals surface area (Å²) in [6.07, 6.45) is 7.15. The molecule has 0 saturated heterocycles. The van der Waals surface area contributed by atoms with Gasteiger partial charge >= 0.3 is 0 Å². The SMILES string of the molecule is O=C(NCc1cn2cccc(Br)c2n1)c1nc2cnccc2s1. The topological polar surface area (TPSA) is 72.2 Å². The van der Waals surface area contributed by atoms with Crippen LogP contribution in [0.2, 0.25) is 0 Å². The third-order valence-electron chi connectivity index (χ3n) is 3.30. The van der Waals surface area contributed by atoms with E-state index in [1.54, 1.807) is 12.4 Å². The van der Waals surface area contributed by atoms with Crippen molar-refractivity contribution in [3.05, 3.63) is 58.2 Å². The van der Waals surface area contributed by atoms with E-state index in [1.165, 1.54) is 11.3 Å². The summed E-state index contributed by atoms with van der Waals surface area (Å²) >= 11 is 4.81. The molecule has 1 N–H and O–H groups in total. The molecular weight excluding hydrogens is 378 g/mol. The van der Waals surface area contributed by atoms with Gasteiger partial charge in [0.25, 0.3) is 5.91 Å². The number of carbonyl (C=O) groups excluding carboxylic acids is 1. The van der Waals surface area contributed by atoms with Crippen LogP contribution in [0.15, 0.2) is 47.5 Å². The second-order valence-electron chi connectivity index (χ2n) is 4.86. The monoisotopic (exact) mass is 387 g/mol. The zero-order valence-corrected chi connectivity index (χ0v) is 14.1. The smallest absolute Gasteiger partial charge is 0.280 e. The lowest BCUT2D eigenvalue weighted by Gasteiger charge is -1.98. The van der Waals surface area contributed by atoms with E-state index in [1.807, 2.05) is 35.0 Å². The average Bonchev–Trinajstić information content (AvgIpc) is 3.17. The van der Waals surface area contributed by atoms with Gasteiger partial charge in [-0.05, 0) is 34.1 Å². The largest absolute Gasteiger partial charge is 0.344 e. The number of hydrogen-bond donors (Lipinski definition) is 1. The van der Waals surface area contributed by atoms with E-state index >= 15 is 0 Å². The summed E-state index contributed by atoms with van der Waals surface area (Å²) in [6.45, 7) is 0.348. The van der Waals surface area contributed by atoms with Crippen molar-refractivity contribution in [3.8, 4) is 0 Å². The molecule has 23 heavy (non-hydrogen) atoms. The van der Waals surface area contributed by atoms with Crippen LogP contribution in [-0.4, -0.2) is 25.3 Å². The van der Waals surface area contributed by atoms with Crippen LogP contribution in [0.25, 0.3) is 15.9 Å².